The van der Waals surface area contributed by atoms with Crippen molar-refractivity contribution >= 4 is 41.5 Å². The van der Waals surface area contributed by atoms with Gasteiger partial charge in [0.15, 0.2) is 23.6 Å². The van der Waals surface area contributed by atoms with Gasteiger partial charge in [-0.15, -0.1) is 0 Å². The van der Waals surface area contributed by atoms with Crippen LogP contribution in [0.2, 0.25) is 0 Å². The van der Waals surface area contributed by atoms with Crippen LogP contribution in [0.3, 0.4) is 0 Å². The number of nitrogens with two attached hydrogens (primary N) is 1. The van der Waals surface area contributed by atoms with Gasteiger partial charge in [-0.25, -0.2) is 9.59 Å². The van der Waals surface area contributed by atoms with E-state index in [9.17, 15) is 39.0 Å². The lowest BCUT2D eigenvalue weighted by atomic mass is 9.44. The summed E-state index contributed by atoms with van der Waals surface area (Å²) in [6.07, 6.45) is -10.8. The number of aliphatic hydroxyl groups is 2. The van der Waals surface area contributed by atoms with E-state index in [1.54, 1.807) is 92.7 Å². The van der Waals surface area contributed by atoms with Crippen molar-refractivity contribution in [2.45, 2.75) is 108 Å². The number of ether oxygens (including phenoxy) is 6. The second-order valence-electron chi connectivity index (χ2n) is 18.0. The molecule has 17 nitrogen and oxygen atoms in total. The van der Waals surface area contributed by atoms with E-state index in [1.807, 2.05) is 0 Å². The van der Waals surface area contributed by atoms with E-state index in [1.165, 1.54) is 26.0 Å². The molecule has 1 heterocycles. The molecule has 0 radical (unpaired) electrons. The van der Waals surface area contributed by atoms with Gasteiger partial charge in [-0.2, -0.15) is 0 Å². The summed E-state index contributed by atoms with van der Waals surface area (Å²) < 4.78 is 36.6. The van der Waals surface area contributed by atoms with Crippen molar-refractivity contribution in [2.75, 3.05) is 13.2 Å². The van der Waals surface area contributed by atoms with Crippen molar-refractivity contribution in [3.05, 3.63) is 119 Å². The molecule has 5 N–H and O–H groups in total. The molecule has 3 aromatic rings. The number of aliphatic hydroxyl groups excluding tert-OH is 1. The van der Waals surface area contributed by atoms with E-state index in [2.05, 4.69) is 5.32 Å². The fourth-order valence-electron chi connectivity index (χ4n) is 10.5. The average Bonchev–Trinajstić information content (AvgIpc) is 3.28. The molecular weight excluding hydrogens is 857 g/mol. The average molecular weight is 911 g/mol. The first kappa shape index (κ1) is 47.7. The number of hydrogen-bond acceptors (Lipinski definition) is 16. The van der Waals surface area contributed by atoms with Crippen molar-refractivity contribution in [2.24, 2.45) is 22.5 Å². The van der Waals surface area contributed by atoms with Crippen molar-refractivity contribution in [1.82, 2.24) is 5.32 Å². The number of fused-ring (bicyclic) bond motifs is 5. The molecule has 0 aromatic heterocycles. The highest BCUT2D eigenvalue weighted by Crippen LogP contribution is 2.65. The molecule has 3 aliphatic carbocycles. The topological polar surface area (TPSA) is 253 Å². The van der Waals surface area contributed by atoms with Gasteiger partial charge in [0.25, 0.3) is 5.91 Å². The number of amides is 1. The molecule has 3 aromatic carbocycles. The second kappa shape index (κ2) is 18.2. The Morgan fingerprint density at radius 3 is 1.97 bits per heavy atom. The van der Waals surface area contributed by atoms with Crippen LogP contribution in [-0.4, -0.2) is 113 Å². The number of carbonyl (C=O) groups excluding carboxylic acids is 7. The summed E-state index contributed by atoms with van der Waals surface area (Å²) in [4.78, 5) is 97.7. The lowest BCUT2D eigenvalue weighted by Gasteiger charge is -2.67. The van der Waals surface area contributed by atoms with Crippen LogP contribution in [0, 0.1) is 16.7 Å². The first-order valence-corrected chi connectivity index (χ1v) is 21.6. The zero-order valence-corrected chi connectivity index (χ0v) is 37.4. The molecule has 2 bridgehead atoms. The van der Waals surface area contributed by atoms with Gasteiger partial charge in [-0.1, -0.05) is 80.6 Å². The summed E-state index contributed by atoms with van der Waals surface area (Å²) >= 11 is 0. The fourth-order valence-corrected chi connectivity index (χ4v) is 10.5. The minimum Gasteiger partial charge on any atom is -0.460 e. The summed E-state index contributed by atoms with van der Waals surface area (Å²) in [5, 5.41) is 28.4. The van der Waals surface area contributed by atoms with Crippen LogP contribution in [-0.2, 0) is 52.4 Å². The molecule has 1 unspecified atom stereocenters. The highest BCUT2D eigenvalue weighted by Gasteiger charge is 2.79. The maximum absolute atomic E-state index is 15.9. The molecule has 350 valence electrons. The predicted molar refractivity (Wildman–Crippen MR) is 231 cm³/mol. The van der Waals surface area contributed by atoms with Crippen molar-refractivity contribution in [3.63, 3.8) is 0 Å². The Kier molecular flexibility index (Phi) is 13.1. The maximum Gasteiger partial charge on any atom is 0.338 e. The van der Waals surface area contributed by atoms with E-state index < -0.39 is 125 Å². The molecule has 11 atom stereocenters. The first-order chi connectivity index (χ1) is 31.2. The standard InChI is InChI=1S/C49H54N2O15/c1-26-32(63-45(59)38(55)37(29-16-10-7-11-17-29)51-43(57)30-18-12-8-13-19-30)23-49(60)42(65-44(58)31-20-14-9-15-21-31)40-47(6,41(56)39(62-27(2)52)36(26)46(49,4)5)33(64-35(54)24-50)22-34-48(40,25-61-34)66-28(3)53/h7-21,32-34,37-40,42,55,60H,22-25,50H2,1-6H3,(H,51,57)/t32-,33-,34?,37-,38+,39+,40-,42-,47+,48-,49+/m0/s1. The monoisotopic (exact) mass is 910 g/mol. The van der Waals surface area contributed by atoms with Crippen LogP contribution in [0.15, 0.2) is 102 Å². The molecule has 1 aliphatic heterocycles. The van der Waals surface area contributed by atoms with E-state index in [0.29, 0.717) is 5.56 Å². The third kappa shape index (κ3) is 8.18. The van der Waals surface area contributed by atoms with Gasteiger partial charge < -0.3 is 49.7 Å². The Balaban J connectivity index is 1.42. The predicted octanol–water partition coefficient (Wildman–Crippen LogP) is 3.25. The number of Topliss-reactive ketones (excluding diaryl/α,β-unsaturated/α-hetero) is 1. The van der Waals surface area contributed by atoms with Crippen LogP contribution < -0.4 is 11.1 Å². The summed E-state index contributed by atoms with van der Waals surface area (Å²) in [7, 11) is 0. The number of rotatable bonds is 12. The van der Waals surface area contributed by atoms with Crippen molar-refractivity contribution < 1.29 is 72.2 Å². The van der Waals surface area contributed by atoms with Gasteiger partial charge in [-0.05, 0) is 54.8 Å². The smallest absolute Gasteiger partial charge is 0.338 e. The third-order valence-corrected chi connectivity index (χ3v) is 13.9. The van der Waals surface area contributed by atoms with Gasteiger partial charge in [0.2, 0.25) is 0 Å². The molecular formula is C49H54N2O15. The highest BCUT2D eigenvalue weighted by atomic mass is 16.6. The summed E-state index contributed by atoms with van der Waals surface area (Å²) in [5.41, 5.74) is -1.71. The van der Waals surface area contributed by atoms with Crippen LogP contribution in [0.4, 0.5) is 0 Å². The zero-order chi connectivity index (χ0) is 47.9. The lowest BCUT2D eigenvalue weighted by molar-refractivity contribution is -0.346. The Labute approximate surface area is 380 Å². The molecule has 0 spiro atoms. The summed E-state index contributed by atoms with van der Waals surface area (Å²) in [5.74, 6) is -8.02. The molecule has 3 fully saturated rings. The molecule has 17 heteroatoms. The number of ketones is 1. The number of benzene rings is 3. The zero-order valence-electron chi connectivity index (χ0n) is 37.4. The Hall–Kier alpha value is -6.27. The van der Waals surface area contributed by atoms with Gasteiger partial charge in [0.05, 0.1) is 36.1 Å². The molecule has 2 saturated carbocycles. The normalized spacial score (nSPS) is 30.5. The maximum atomic E-state index is 15.9. The van der Waals surface area contributed by atoms with Crippen LogP contribution in [0.25, 0.3) is 0 Å². The lowest BCUT2D eigenvalue weighted by Crippen LogP contribution is -2.82. The fraction of sp³-hybridized carbons (Fsp3) is 0.449. The number of esters is 5. The first-order valence-electron chi connectivity index (χ1n) is 21.6. The molecule has 7 rings (SSSR count). The number of carbonyl (C=O) groups is 7. The van der Waals surface area contributed by atoms with Crippen LogP contribution in [0.5, 0.6) is 0 Å². The van der Waals surface area contributed by atoms with Gasteiger partial charge in [-0.3, -0.25) is 24.0 Å². The van der Waals surface area contributed by atoms with Crippen molar-refractivity contribution in [1.29, 1.82) is 0 Å². The van der Waals surface area contributed by atoms with E-state index in [4.69, 9.17) is 34.2 Å². The molecule has 66 heavy (non-hydrogen) atoms. The van der Waals surface area contributed by atoms with Crippen molar-refractivity contribution in [3.8, 4) is 0 Å². The summed E-state index contributed by atoms with van der Waals surface area (Å²) in [6.45, 7) is 7.23. The van der Waals surface area contributed by atoms with Gasteiger partial charge >= 0.3 is 29.8 Å². The van der Waals surface area contributed by atoms with Gasteiger partial charge in [0.1, 0.15) is 30.0 Å². The highest BCUT2D eigenvalue weighted by molar-refractivity contribution is 5.96. The molecule has 4 aliphatic rings. The van der Waals surface area contributed by atoms with E-state index >= 15 is 4.79 Å². The quantitative estimate of drug-likeness (QED) is 0.116. The molecule has 1 amide bonds. The minimum absolute atomic E-state index is 0.0370. The number of hydrogen-bond donors (Lipinski definition) is 4. The SMILES string of the molecule is CC(=O)O[C@H]1C(=O)[C@]2(C)[C@@H](OC(=O)CN)CC3OC[C@@]3(OC(C)=O)[C@H]2[C@H](OC(=O)c2ccccc2)[C@]2(O)C[C@H](OC(=O)[C@H](O)[C@@H](NC(=O)c3ccccc3)c3ccccc3)C(C)=C1C2(C)C. The minimum atomic E-state index is -2.46. The van der Waals surface area contributed by atoms with E-state index in [-0.39, 0.29) is 35.3 Å². The van der Waals surface area contributed by atoms with Crippen LogP contribution in [0.1, 0.15) is 86.7 Å². The second-order valence-corrected chi connectivity index (χ2v) is 18.0. The molecule has 1 saturated heterocycles. The van der Waals surface area contributed by atoms with Crippen LogP contribution >= 0.6 is 0 Å². The number of nitrogens with one attached hydrogen (secondary N) is 1. The summed E-state index contributed by atoms with van der Waals surface area (Å²) in [6, 6.07) is 22.7. The third-order valence-electron chi connectivity index (χ3n) is 13.9. The Morgan fingerprint density at radius 1 is 0.833 bits per heavy atom. The van der Waals surface area contributed by atoms with E-state index in [0.717, 1.165) is 13.8 Å². The largest absolute Gasteiger partial charge is 0.460 e. The van der Waals surface area contributed by atoms with Gasteiger partial charge in [0, 0.05) is 37.7 Å². The Morgan fingerprint density at radius 2 is 1.42 bits per heavy atom. The Bertz CT molecular complexity index is 2430.